The van der Waals surface area contributed by atoms with Gasteiger partial charge in [-0.3, -0.25) is 43.7 Å². The van der Waals surface area contributed by atoms with E-state index in [1.807, 2.05) is 0 Å². The van der Waals surface area contributed by atoms with Gasteiger partial charge in [0.2, 0.25) is 47.3 Å². The number of nitrogens with zero attached hydrogens (tertiary/aromatic N) is 2. The van der Waals surface area contributed by atoms with Gasteiger partial charge in [0.05, 0.1) is 43.0 Å². The molecule has 0 unspecified atom stereocenters. The van der Waals surface area contributed by atoms with Crippen molar-refractivity contribution in [2.45, 2.75) is 203 Å². The summed E-state index contributed by atoms with van der Waals surface area (Å²) in [5, 5.41) is 97.3. The standard InChI is InChI=1S/C54H92N12O15/c1-5-29(2)24-30(3)12-10-8-6-7-9-11-13-41(74)60-35-26-39(72)48(59-22-20-56)64-52(79)46-37(70)18-23-65(46)54(81)44(38(71)27-40(57)73)62-51(78)45(47(75)43(58-21-19-55)32-14-16-33(68)17-15-32)63-50(77)36-25-34(69)28-66(36)53(80)42(31(4)67)61-49(35)76/h14-17,29-31,34-39,42-48,58-59,67-72,75H,5-13,18-28,55-56H2,1-4H3,(H2,57,73)(H,60,74)(H,61,76)(H,62,78)(H,63,77)(H,64,79)/t29-,30+,31+,34+,35-,36-,37-,38+,39+,42-,43-,44-,45-,46-,47+,48+/m0/s1. The first kappa shape index (κ1) is 67.9. The van der Waals surface area contributed by atoms with Crippen LogP contribution in [0.1, 0.15) is 129 Å². The van der Waals surface area contributed by atoms with E-state index >= 15 is 0 Å². The van der Waals surface area contributed by atoms with Crippen molar-refractivity contribution in [3.05, 3.63) is 29.8 Å². The molecule has 27 nitrogen and oxygen atoms in total. The minimum atomic E-state index is -2.19. The number of carbonyl (C=O) groups excluding carboxylic acids is 8. The molecule has 0 saturated carbocycles. The Labute approximate surface area is 473 Å². The molecule has 0 spiro atoms. The van der Waals surface area contributed by atoms with E-state index in [0.29, 0.717) is 24.7 Å². The molecule has 1 aromatic rings. The van der Waals surface area contributed by atoms with Gasteiger partial charge in [0.1, 0.15) is 54.3 Å². The molecule has 0 aliphatic carbocycles. The molecule has 20 N–H and O–H groups in total. The summed E-state index contributed by atoms with van der Waals surface area (Å²) in [6, 6.07) is -7.41. The fraction of sp³-hybridized carbons (Fsp3) is 0.741. The van der Waals surface area contributed by atoms with Gasteiger partial charge in [0.15, 0.2) is 0 Å². The van der Waals surface area contributed by atoms with E-state index < -0.39 is 158 Å². The maximum absolute atomic E-state index is 14.8. The summed E-state index contributed by atoms with van der Waals surface area (Å²) in [5.74, 6) is -7.72. The third-order valence-corrected chi connectivity index (χ3v) is 15.4. The quantitative estimate of drug-likeness (QED) is 0.0391. The maximum atomic E-state index is 14.8. The van der Waals surface area contributed by atoms with E-state index in [2.05, 4.69) is 58.0 Å². The highest BCUT2D eigenvalue weighted by atomic mass is 16.3. The zero-order chi connectivity index (χ0) is 60.1. The number of benzene rings is 1. The second-order valence-corrected chi connectivity index (χ2v) is 22.1. The zero-order valence-electron chi connectivity index (χ0n) is 47.2. The summed E-state index contributed by atoms with van der Waals surface area (Å²) in [6.45, 7) is 6.82. The minimum absolute atomic E-state index is 0.00368. The summed E-state index contributed by atoms with van der Waals surface area (Å²) in [5.41, 5.74) is 17.3. The summed E-state index contributed by atoms with van der Waals surface area (Å²) < 4.78 is 0. The van der Waals surface area contributed by atoms with Crippen molar-refractivity contribution in [2.24, 2.45) is 29.0 Å². The van der Waals surface area contributed by atoms with Crippen molar-refractivity contribution in [1.29, 1.82) is 0 Å². The van der Waals surface area contributed by atoms with E-state index in [-0.39, 0.29) is 56.9 Å². The normalized spacial score (nSPS) is 27.8. The molecule has 3 heterocycles. The summed E-state index contributed by atoms with van der Waals surface area (Å²) in [6.07, 6.45) is -6.03. The first-order valence-electron chi connectivity index (χ1n) is 28.6. The number of primary amides is 1. The van der Waals surface area contributed by atoms with Crippen LogP contribution in [0.3, 0.4) is 0 Å². The van der Waals surface area contributed by atoms with Crippen molar-refractivity contribution in [3.63, 3.8) is 0 Å². The first-order valence-corrected chi connectivity index (χ1v) is 28.6. The van der Waals surface area contributed by atoms with E-state index in [4.69, 9.17) is 17.2 Å². The van der Waals surface area contributed by atoms with E-state index in [1.165, 1.54) is 30.7 Å². The molecule has 0 aromatic heterocycles. The van der Waals surface area contributed by atoms with Crippen LogP contribution in [0.5, 0.6) is 5.75 Å². The van der Waals surface area contributed by atoms with Crippen molar-refractivity contribution in [3.8, 4) is 5.75 Å². The number of hydrogen-bond acceptors (Lipinski definition) is 19. The van der Waals surface area contributed by atoms with Crippen LogP contribution in [0, 0.1) is 11.8 Å². The van der Waals surface area contributed by atoms with Crippen molar-refractivity contribution in [2.75, 3.05) is 39.3 Å². The Balaban J connectivity index is 1.78. The van der Waals surface area contributed by atoms with Crippen LogP contribution in [0.15, 0.2) is 24.3 Å². The number of phenols is 1. The average molecular weight is 1150 g/mol. The molecule has 3 aliphatic heterocycles. The third-order valence-electron chi connectivity index (χ3n) is 15.4. The van der Waals surface area contributed by atoms with Crippen LogP contribution in [0.2, 0.25) is 0 Å². The van der Waals surface area contributed by atoms with E-state index in [0.717, 1.165) is 55.2 Å². The van der Waals surface area contributed by atoms with Crippen LogP contribution >= 0.6 is 0 Å². The van der Waals surface area contributed by atoms with Gasteiger partial charge in [-0.2, -0.15) is 0 Å². The van der Waals surface area contributed by atoms with Crippen LogP contribution in [-0.2, 0) is 38.4 Å². The summed E-state index contributed by atoms with van der Waals surface area (Å²) >= 11 is 0. The lowest BCUT2D eigenvalue weighted by atomic mass is 9.91. The second kappa shape index (κ2) is 33.5. The van der Waals surface area contributed by atoms with Crippen LogP contribution in [-0.4, -0.2) is 211 Å². The molecular formula is C54H92N12O15. The van der Waals surface area contributed by atoms with E-state index in [1.54, 1.807) is 0 Å². The van der Waals surface area contributed by atoms with Gasteiger partial charge in [-0.05, 0) is 55.7 Å². The number of hydrogen-bond donors (Lipinski definition) is 17. The fourth-order valence-corrected chi connectivity index (χ4v) is 10.7. The highest BCUT2D eigenvalue weighted by Gasteiger charge is 2.49. The number of fused-ring (bicyclic) bond motifs is 2. The van der Waals surface area contributed by atoms with Gasteiger partial charge in [-0.15, -0.1) is 0 Å². The predicted molar refractivity (Wildman–Crippen MR) is 295 cm³/mol. The van der Waals surface area contributed by atoms with Crippen molar-refractivity contribution >= 4 is 47.3 Å². The number of amides is 8. The average Bonchev–Trinajstić information content (AvgIpc) is 4.03. The molecule has 3 saturated heterocycles. The Morgan fingerprint density at radius 1 is 0.728 bits per heavy atom. The van der Waals surface area contributed by atoms with Gasteiger partial charge in [0, 0.05) is 58.5 Å². The first-order chi connectivity index (χ1) is 38.4. The number of rotatable bonds is 26. The number of carbonyl (C=O) groups is 8. The largest absolute Gasteiger partial charge is 0.508 e. The van der Waals surface area contributed by atoms with Gasteiger partial charge in [-0.1, -0.05) is 77.8 Å². The maximum Gasteiger partial charge on any atom is 0.248 e. The smallest absolute Gasteiger partial charge is 0.248 e. The Bertz CT molecular complexity index is 2220. The summed E-state index contributed by atoms with van der Waals surface area (Å²) in [4.78, 5) is 115. The fourth-order valence-electron chi connectivity index (χ4n) is 10.7. The van der Waals surface area contributed by atoms with Crippen molar-refractivity contribution < 1.29 is 74.1 Å². The molecular weight excluding hydrogens is 1060 g/mol. The van der Waals surface area contributed by atoms with Crippen molar-refractivity contribution in [1.82, 2.24) is 47.0 Å². The van der Waals surface area contributed by atoms with Gasteiger partial charge >= 0.3 is 0 Å². The molecule has 458 valence electrons. The topological polar surface area (TPSA) is 447 Å². The number of nitrogens with one attached hydrogen (secondary N) is 7. The third kappa shape index (κ3) is 20.3. The highest BCUT2D eigenvalue weighted by Crippen LogP contribution is 2.27. The molecule has 27 heteroatoms. The molecule has 0 bridgehead atoms. The molecule has 3 aliphatic rings. The molecule has 8 amide bonds. The van der Waals surface area contributed by atoms with Crippen LogP contribution in [0.4, 0.5) is 0 Å². The number of unbranched alkanes of at least 4 members (excludes halogenated alkanes) is 5. The van der Waals surface area contributed by atoms with Crippen LogP contribution < -0.4 is 54.4 Å². The molecule has 4 rings (SSSR count). The Hall–Kier alpha value is -5.62. The Morgan fingerprint density at radius 3 is 1.98 bits per heavy atom. The van der Waals surface area contributed by atoms with Gasteiger partial charge in [0.25, 0.3) is 0 Å². The lowest BCUT2D eigenvalue weighted by Gasteiger charge is -2.35. The number of nitrogens with two attached hydrogens (primary N) is 3. The molecule has 0 radical (unpaired) electrons. The number of aromatic hydroxyl groups is 1. The predicted octanol–water partition coefficient (Wildman–Crippen LogP) is -4.23. The Kier molecular flexibility index (Phi) is 28.1. The number of aliphatic hydroxyl groups is 6. The SMILES string of the molecule is CC[C@H](C)C[C@H](C)CCCCCCCCC(=O)N[C@H]1C[C@@H](O)[C@H](NCCN)NC(=O)[C@@H]2[C@@H](O)CCN2C(=O)[C@H]([C@H](O)CC(N)=O)NC(=O)[C@H]([C@H](O)[C@@H](NCCN)c2ccc(O)cc2)NC(=O)[C@@H]2C[C@@H](O)CN2C(=O)[C@H]([C@@H](C)O)NC1=O. The molecule has 81 heavy (non-hydrogen) atoms. The molecule has 3 fully saturated rings. The van der Waals surface area contributed by atoms with Crippen LogP contribution in [0.25, 0.3) is 0 Å². The number of aliphatic hydroxyl groups excluding tert-OH is 6. The molecule has 1 aromatic carbocycles. The molecule has 16 atom stereocenters. The lowest BCUT2D eigenvalue weighted by molar-refractivity contribution is -0.148. The van der Waals surface area contributed by atoms with Gasteiger partial charge < -0.3 is 94.6 Å². The highest BCUT2D eigenvalue weighted by molar-refractivity contribution is 5.98. The monoisotopic (exact) mass is 1150 g/mol. The Morgan fingerprint density at radius 2 is 1.35 bits per heavy atom. The minimum Gasteiger partial charge on any atom is -0.508 e. The zero-order valence-corrected chi connectivity index (χ0v) is 47.2. The van der Waals surface area contributed by atoms with E-state index in [9.17, 15) is 74.1 Å². The lowest BCUT2D eigenvalue weighted by Crippen LogP contribution is -2.65. The number of phenolic OH excluding ortho intramolecular Hbond substituents is 1. The second-order valence-electron chi connectivity index (χ2n) is 22.1. The summed E-state index contributed by atoms with van der Waals surface area (Å²) in [7, 11) is 0. The van der Waals surface area contributed by atoms with Gasteiger partial charge in [-0.25, -0.2) is 0 Å².